The number of nitrogens with two attached hydrogens (primary N) is 1. The van der Waals surface area contributed by atoms with E-state index >= 15 is 0 Å². The average Bonchev–Trinajstić information content (AvgIpc) is 2.97. The first-order chi connectivity index (χ1) is 12.1. The summed E-state index contributed by atoms with van der Waals surface area (Å²) in [6.45, 7) is 12.1. The van der Waals surface area contributed by atoms with Crippen LogP contribution in [-0.4, -0.2) is 34.4 Å². The highest BCUT2D eigenvalue weighted by molar-refractivity contribution is 6.74. The fourth-order valence-corrected chi connectivity index (χ4v) is 4.67. The summed E-state index contributed by atoms with van der Waals surface area (Å²) >= 11 is 6.08. The van der Waals surface area contributed by atoms with Crippen molar-refractivity contribution in [2.75, 3.05) is 12.3 Å². The van der Waals surface area contributed by atoms with Crippen LogP contribution >= 0.6 is 11.6 Å². The van der Waals surface area contributed by atoms with Gasteiger partial charge < -0.3 is 14.7 Å². The van der Waals surface area contributed by atoms with Crippen molar-refractivity contribution in [2.45, 2.75) is 76.5 Å². The lowest BCUT2D eigenvalue weighted by Gasteiger charge is -2.43. The molecule has 0 atom stereocenters. The van der Waals surface area contributed by atoms with Gasteiger partial charge in [-0.05, 0) is 42.6 Å². The number of aromatic nitrogens is 4. The predicted octanol–water partition coefficient (Wildman–Crippen LogP) is 4.74. The van der Waals surface area contributed by atoms with E-state index in [-0.39, 0.29) is 15.9 Å². The molecule has 0 spiro atoms. The van der Waals surface area contributed by atoms with Crippen molar-refractivity contribution in [3.8, 4) is 0 Å². The Bertz CT molecular complexity index is 793. The highest BCUT2D eigenvalue weighted by Gasteiger charge is 2.42. The van der Waals surface area contributed by atoms with Crippen LogP contribution in [-0.2, 0) is 9.96 Å². The molecule has 0 unspecified atom stereocenters. The zero-order chi connectivity index (χ0) is 19.2. The van der Waals surface area contributed by atoms with Crippen LogP contribution in [0.15, 0.2) is 6.33 Å². The Kier molecular flexibility index (Phi) is 5.09. The molecule has 144 valence electrons. The van der Waals surface area contributed by atoms with E-state index in [1.54, 1.807) is 0 Å². The number of rotatable bonds is 4. The van der Waals surface area contributed by atoms with Crippen LogP contribution in [0.4, 0.5) is 5.82 Å². The van der Waals surface area contributed by atoms with E-state index in [1.807, 2.05) is 6.33 Å². The minimum absolute atomic E-state index is 0.146. The maximum Gasteiger partial charge on any atom is 0.226 e. The van der Waals surface area contributed by atoms with E-state index in [2.05, 4.69) is 53.4 Å². The molecule has 0 amide bonds. The minimum Gasteiger partial charge on any atom is -0.414 e. The van der Waals surface area contributed by atoms with Crippen LogP contribution in [0.25, 0.3) is 11.2 Å². The smallest absolute Gasteiger partial charge is 0.226 e. The standard InChI is InChI=1S/C18H30ClN5OSi/c1-17(2,3)26(4,5)25-11-18(9-7-6-8-10-18)24-12-21-13-14(20)22-16(19)23-15(13)24/h12H,6-11H2,1-5H3,(H2,20,22,23). The molecule has 2 aromatic rings. The number of hydrogen-bond acceptors (Lipinski definition) is 5. The lowest BCUT2D eigenvalue weighted by atomic mass is 9.82. The topological polar surface area (TPSA) is 78.9 Å². The lowest BCUT2D eigenvalue weighted by Crippen LogP contribution is -2.48. The zero-order valence-corrected chi connectivity index (χ0v) is 18.2. The summed E-state index contributed by atoms with van der Waals surface area (Å²) in [6.07, 6.45) is 7.55. The number of hydrogen-bond donors (Lipinski definition) is 1. The molecule has 0 radical (unpaired) electrons. The fourth-order valence-electron chi connectivity index (χ4n) is 3.44. The second kappa shape index (κ2) is 6.76. The Morgan fingerprint density at radius 1 is 1.23 bits per heavy atom. The zero-order valence-electron chi connectivity index (χ0n) is 16.5. The van der Waals surface area contributed by atoms with Crippen LogP contribution in [0.1, 0.15) is 52.9 Å². The molecule has 0 aromatic carbocycles. The molecular weight excluding hydrogens is 366 g/mol. The second-order valence-electron chi connectivity index (χ2n) is 9.00. The van der Waals surface area contributed by atoms with Crippen molar-refractivity contribution in [3.05, 3.63) is 11.6 Å². The molecule has 1 saturated carbocycles. The molecule has 2 N–H and O–H groups in total. The average molecular weight is 396 g/mol. The third kappa shape index (κ3) is 3.49. The molecule has 0 bridgehead atoms. The third-order valence-electron chi connectivity index (χ3n) is 6.20. The summed E-state index contributed by atoms with van der Waals surface area (Å²) in [7, 11) is -1.85. The van der Waals surface area contributed by atoms with Crippen molar-refractivity contribution in [1.82, 2.24) is 19.5 Å². The predicted molar refractivity (Wildman–Crippen MR) is 109 cm³/mol. The Balaban J connectivity index is 2.01. The van der Waals surface area contributed by atoms with Gasteiger partial charge in [-0.25, -0.2) is 4.98 Å². The quantitative estimate of drug-likeness (QED) is 0.597. The van der Waals surface area contributed by atoms with Crippen molar-refractivity contribution in [1.29, 1.82) is 0 Å². The van der Waals surface area contributed by atoms with Gasteiger partial charge in [-0.1, -0.05) is 40.0 Å². The first-order valence-corrected chi connectivity index (χ1v) is 12.6. The van der Waals surface area contributed by atoms with Gasteiger partial charge in [-0.15, -0.1) is 0 Å². The van der Waals surface area contributed by atoms with Gasteiger partial charge in [0.15, 0.2) is 19.8 Å². The summed E-state index contributed by atoms with van der Waals surface area (Å²) in [5.41, 5.74) is 7.19. The van der Waals surface area contributed by atoms with Gasteiger partial charge in [0.2, 0.25) is 5.28 Å². The second-order valence-corrected chi connectivity index (χ2v) is 14.1. The SMILES string of the molecule is CC(C)(C)[Si](C)(C)OCC1(n2cnc3c(N)nc(Cl)nc32)CCCCC1. The molecule has 26 heavy (non-hydrogen) atoms. The van der Waals surface area contributed by atoms with E-state index < -0.39 is 8.32 Å². The fraction of sp³-hybridized carbons (Fsp3) is 0.722. The van der Waals surface area contributed by atoms with Crippen LogP contribution in [0, 0.1) is 0 Å². The highest BCUT2D eigenvalue weighted by Crippen LogP contribution is 2.41. The summed E-state index contributed by atoms with van der Waals surface area (Å²) in [4.78, 5) is 13.0. The van der Waals surface area contributed by atoms with Crippen LogP contribution < -0.4 is 5.73 Å². The maximum atomic E-state index is 6.65. The first-order valence-electron chi connectivity index (χ1n) is 9.36. The Hall–Kier alpha value is -1.18. The van der Waals surface area contributed by atoms with Crippen LogP contribution in [0.5, 0.6) is 0 Å². The van der Waals surface area contributed by atoms with E-state index in [4.69, 9.17) is 21.8 Å². The molecule has 1 fully saturated rings. The summed E-state index contributed by atoms with van der Waals surface area (Å²) in [5.74, 6) is 0.329. The highest BCUT2D eigenvalue weighted by atomic mass is 35.5. The number of anilines is 1. The normalized spacial score (nSPS) is 18.4. The molecule has 2 aromatic heterocycles. The Morgan fingerprint density at radius 3 is 2.50 bits per heavy atom. The molecular formula is C18H30ClN5OSi. The Labute approximate surface area is 161 Å². The van der Waals surface area contributed by atoms with E-state index in [9.17, 15) is 0 Å². The lowest BCUT2D eigenvalue weighted by molar-refractivity contribution is 0.0991. The maximum absolute atomic E-state index is 6.65. The van der Waals surface area contributed by atoms with Gasteiger partial charge in [0.25, 0.3) is 0 Å². The molecule has 6 nitrogen and oxygen atoms in total. The molecule has 1 aliphatic carbocycles. The number of fused-ring (bicyclic) bond motifs is 1. The summed E-state index contributed by atoms with van der Waals surface area (Å²) in [6, 6.07) is 0. The number of nitrogen functional groups attached to an aromatic ring is 1. The van der Waals surface area contributed by atoms with E-state index in [1.165, 1.54) is 19.3 Å². The van der Waals surface area contributed by atoms with Crippen molar-refractivity contribution in [3.63, 3.8) is 0 Å². The third-order valence-corrected chi connectivity index (χ3v) is 10.8. The molecule has 8 heteroatoms. The first kappa shape index (κ1) is 19.6. The van der Waals surface area contributed by atoms with Crippen molar-refractivity contribution < 1.29 is 4.43 Å². The van der Waals surface area contributed by atoms with Gasteiger partial charge in [0.1, 0.15) is 5.52 Å². The van der Waals surface area contributed by atoms with Gasteiger partial charge in [0, 0.05) is 0 Å². The number of halogens is 1. The molecule has 0 saturated heterocycles. The van der Waals surface area contributed by atoms with Gasteiger partial charge >= 0.3 is 0 Å². The van der Waals surface area contributed by atoms with Crippen molar-refractivity contribution in [2.24, 2.45) is 0 Å². The van der Waals surface area contributed by atoms with E-state index in [0.717, 1.165) is 12.8 Å². The van der Waals surface area contributed by atoms with Gasteiger partial charge in [-0.2, -0.15) is 9.97 Å². The number of nitrogens with zero attached hydrogens (tertiary/aromatic N) is 4. The summed E-state index contributed by atoms with van der Waals surface area (Å²) in [5, 5.41) is 0.337. The van der Waals surface area contributed by atoms with Crippen LogP contribution in [0.2, 0.25) is 23.4 Å². The monoisotopic (exact) mass is 395 g/mol. The minimum atomic E-state index is -1.85. The molecule has 0 aliphatic heterocycles. The molecule has 2 heterocycles. The van der Waals surface area contributed by atoms with Crippen LogP contribution in [0.3, 0.4) is 0 Å². The number of imidazole rings is 1. The Morgan fingerprint density at radius 2 is 1.88 bits per heavy atom. The van der Waals surface area contributed by atoms with E-state index in [0.29, 0.717) is 23.6 Å². The van der Waals surface area contributed by atoms with Gasteiger partial charge in [0.05, 0.1) is 18.5 Å². The molecule has 1 aliphatic rings. The van der Waals surface area contributed by atoms with Gasteiger partial charge in [-0.3, -0.25) is 0 Å². The molecule has 3 rings (SSSR count). The largest absolute Gasteiger partial charge is 0.414 e. The van der Waals surface area contributed by atoms with Crippen molar-refractivity contribution >= 4 is 36.9 Å². The summed E-state index contributed by atoms with van der Waals surface area (Å²) < 4.78 is 8.80.